The van der Waals surface area contributed by atoms with Gasteiger partial charge in [0.1, 0.15) is 5.82 Å². The summed E-state index contributed by atoms with van der Waals surface area (Å²) in [6, 6.07) is 5.10. The van der Waals surface area contributed by atoms with Gasteiger partial charge in [-0.3, -0.25) is 4.79 Å². The van der Waals surface area contributed by atoms with Crippen molar-refractivity contribution >= 4 is 11.6 Å². The normalized spacial score (nSPS) is 26.4. The number of rotatable bonds is 3. The first-order valence-corrected chi connectivity index (χ1v) is 6.99. The second-order valence-electron chi connectivity index (χ2n) is 5.64. The molecule has 1 saturated carbocycles. The van der Waals surface area contributed by atoms with Crippen LogP contribution in [0.15, 0.2) is 18.2 Å². The Balaban J connectivity index is 1.72. The molecule has 0 aromatic heterocycles. The molecule has 3 rings (SSSR count). The van der Waals surface area contributed by atoms with E-state index >= 15 is 0 Å². The van der Waals surface area contributed by atoms with E-state index in [-0.39, 0.29) is 23.7 Å². The van der Waals surface area contributed by atoms with Gasteiger partial charge in [0.15, 0.2) is 0 Å². The molecule has 2 N–H and O–H groups in total. The highest BCUT2D eigenvalue weighted by Crippen LogP contribution is 2.42. The van der Waals surface area contributed by atoms with E-state index in [9.17, 15) is 9.18 Å². The summed E-state index contributed by atoms with van der Waals surface area (Å²) in [5, 5.41) is 6.18. The zero-order valence-corrected chi connectivity index (χ0v) is 11.1. The summed E-state index contributed by atoms with van der Waals surface area (Å²) in [7, 11) is 0. The molecule has 2 atom stereocenters. The van der Waals surface area contributed by atoms with Crippen molar-refractivity contribution in [2.45, 2.75) is 38.1 Å². The van der Waals surface area contributed by atoms with Crippen LogP contribution < -0.4 is 10.6 Å². The number of nitrogens with one attached hydrogen (secondary N) is 2. The molecule has 1 heterocycles. The minimum absolute atomic E-state index is 0.00873. The van der Waals surface area contributed by atoms with Gasteiger partial charge in [-0.2, -0.15) is 0 Å². The number of carbonyl (C=O) groups excluding carboxylic acids is 1. The third-order valence-corrected chi connectivity index (χ3v) is 4.14. The molecule has 0 radical (unpaired) electrons. The second-order valence-corrected chi connectivity index (χ2v) is 5.64. The first-order chi connectivity index (χ1) is 9.15. The second kappa shape index (κ2) is 4.93. The van der Waals surface area contributed by atoms with E-state index in [0.29, 0.717) is 11.6 Å². The Kier molecular flexibility index (Phi) is 3.27. The largest absolute Gasteiger partial charge is 0.326 e. The Morgan fingerprint density at radius 3 is 2.79 bits per heavy atom. The van der Waals surface area contributed by atoms with Crippen molar-refractivity contribution in [3.8, 4) is 0 Å². The molecule has 1 aromatic carbocycles. The average Bonchev–Trinajstić information content (AvgIpc) is 3.13. The molecule has 1 aliphatic carbocycles. The number of anilines is 1. The zero-order chi connectivity index (χ0) is 13.4. The van der Waals surface area contributed by atoms with Gasteiger partial charge in [-0.15, -0.1) is 0 Å². The zero-order valence-electron chi connectivity index (χ0n) is 11.1. The quantitative estimate of drug-likeness (QED) is 0.879. The molecule has 2 fully saturated rings. The highest BCUT2D eigenvalue weighted by Gasteiger charge is 2.30. The minimum atomic E-state index is -0.156. The van der Waals surface area contributed by atoms with E-state index in [1.807, 2.05) is 6.92 Å². The molecule has 1 aliphatic heterocycles. The minimum Gasteiger partial charge on any atom is -0.326 e. The van der Waals surface area contributed by atoms with Crippen LogP contribution in [0.25, 0.3) is 0 Å². The van der Waals surface area contributed by atoms with Gasteiger partial charge in [0.25, 0.3) is 0 Å². The predicted molar refractivity (Wildman–Crippen MR) is 72.6 cm³/mol. The lowest BCUT2D eigenvalue weighted by atomic mass is 10.0. The summed E-state index contributed by atoms with van der Waals surface area (Å²) < 4.78 is 13.6. The monoisotopic (exact) mass is 262 g/mol. The summed E-state index contributed by atoms with van der Waals surface area (Å²) in [6.07, 6.45) is 2.97. The Hall–Kier alpha value is -1.42. The van der Waals surface area contributed by atoms with Gasteiger partial charge in [0.2, 0.25) is 5.91 Å². The first kappa shape index (κ1) is 12.6. The number of benzene rings is 1. The smallest absolute Gasteiger partial charge is 0.229 e. The molecule has 19 heavy (non-hydrogen) atoms. The lowest BCUT2D eigenvalue weighted by molar-refractivity contribution is -0.120. The van der Waals surface area contributed by atoms with Crippen molar-refractivity contribution < 1.29 is 9.18 Å². The maximum Gasteiger partial charge on any atom is 0.229 e. The fourth-order valence-corrected chi connectivity index (χ4v) is 2.78. The molecule has 1 saturated heterocycles. The van der Waals surface area contributed by atoms with Crippen LogP contribution in [0.1, 0.15) is 37.7 Å². The summed E-state index contributed by atoms with van der Waals surface area (Å²) in [5.74, 6) is 0.237. The van der Waals surface area contributed by atoms with E-state index in [4.69, 9.17) is 0 Å². The molecule has 1 aromatic rings. The van der Waals surface area contributed by atoms with Crippen LogP contribution in [-0.4, -0.2) is 18.5 Å². The summed E-state index contributed by atoms with van der Waals surface area (Å²) >= 11 is 0. The SMILES string of the molecule is C[C@@H]1NCC[C@@H]1C(=O)Nc1ccc(F)c(C2CC2)c1. The number of amides is 1. The highest BCUT2D eigenvalue weighted by atomic mass is 19.1. The summed E-state index contributed by atoms with van der Waals surface area (Å²) in [5.41, 5.74) is 1.46. The van der Waals surface area contributed by atoms with Crippen molar-refractivity contribution in [2.75, 3.05) is 11.9 Å². The van der Waals surface area contributed by atoms with Gasteiger partial charge >= 0.3 is 0 Å². The van der Waals surface area contributed by atoms with E-state index in [1.165, 1.54) is 6.07 Å². The lowest BCUT2D eigenvalue weighted by Crippen LogP contribution is -2.32. The Labute approximate surface area is 112 Å². The van der Waals surface area contributed by atoms with Gasteiger partial charge < -0.3 is 10.6 Å². The van der Waals surface area contributed by atoms with Gasteiger partial charge in [-0.25, -0.2) is 4.39 Å². The van der Waals surface area contributed by atoms with Crippen LogP contribution >= 0.6 is 0 Å². The molecule has 0 unspecified atom stereocenters. The van der Waals surface area contributed by atoms with Gasteiger partial charge in [-0.05, 0) is 62.4 Å². The molecule has 4 heteroatoms. The lowest BCUT2D eigenvalue weighted by Gasteiger charge is -2.15. The van der Waals surface area contributed by atoms with Crippen LogP contribution in [0, 0.1) is 11.7 Å². The van der Waals surface area contributed by atoms with Gasteiger partial charge in [0, 0.05) is 11.7 Å². The maximum absolute atomic E-state index is 13.6. The number of halogens is 1. The van der Waals surface area contributed by atoms with Gasteiger partial charge in [-0.1, -0.05) is 0 Å². The number of hydrogen-bond acceptors (Lipinski definition) is 2. The van der Waals surface area contributed by atoms with E-state index in [0.717, 1.165) is 31.4 Å². The molecular formula is C15H19FN2O. The molecule has 2 aliphatic rings. The van der Waals surface area contributed by atoms with Crippen molar-refractivity contribution in [3.05, 3.63) is 29.6 Å². The third-order valence-electron chi connectivity index (χ3n) is 4.14. The highest BCUT2D eigenvalue weighted by molar-refractivity contribution is 5.93. The van der Waals surface area contributed by atoms with E-state index < -0.39 is 0 Å². The van der Waals surface area contributed by atoms with Crippen molar-refractivity contribution in [1.82, 2.24) is 5.32 Å². The van der Waals surface area contributed by atoms with Crippen LogP contribution in [0.4, 0.5) is 10.1 Å². The van der Waals surface area contributed by atoms with Crippen molar-refractivity contribution in [2.24, 2.45) is 5.92 Å². The van der Waals surface area contributed by atoms with Crippen molar-refractivity contribution in [3.63, 3.8) is 0 Å². The maximum atomic E-state index is 13.6. The Morgan fingerprint density at radius 2 is 2.16 bits per heavy atom. The summed E-state index contributed by atoms with van der Waals surface area (Å²) in [6.45, 7) is 2.91. The Bertz CT molecular complexity index is 499. The van der Waals surface area contributed by atoms with E-state index in [1.54, 1.807) is 12.1 Å². The molecule has 102 valence electrons. The topological polar surface area (TPSA) is 41.1 Å². The number of carbonyl (C=O) groups is 1. The van der Waals surface area contributed by atoms with Crippen LogP contribution in [-0.2, 0) is 4.79 Å². The predicted octanol–water partition coefficient (Wildman–Crippen LogP) is 2.64. The standard InChI is InChI=1S/C15H19FN2O/c1-9-12(6-7-17-9)15(19)18-11-4-5-14(16)13(8-11)10-2-3-10/h4-5,8-10,12,17H,2-3,6-7H2,1H3,(H,18,19)/t9-,12-/m0/s1. The van der Waals surface area contributed by atoms with Crippen molar-refractivity contribution in [1.29, 1.82) is 0 Å². The first-order valence-electron chi connectivity index (χ1n) is 6.99. The molecule has 3 nitrogen and oxygen atoms in total. The fraction of sp³-hybridized carbons (Fsp3) is 0.533. The van der Waals surface area contributed by atoms with Crippen LogP contribution in [0.5, 0.6) is 0 Å². The average molecular weight is 262 g/mol. The van der Waals surface area contributed by atoms with E-state index in [2.05, 4.69) is 10.6 Å². The Morgan fingerprint density at radius 1 is 1.37 bits per heavy atom. The van der Waals surface area contributed by atoms with Crippen LogP contribution in [0.2, 0.25) is 0 Å². The molecule has 1 amide bonds. The molecular weight excluding hydrogens is 243 g/mol. The molecule has 0 bridgehead atoms. The fourth-order valence-electron chi connectivity index (χ4n) is 2.78. The van der Waals surface area contributed by atoms with Gasteiger partial charge in [0.05, 0.1) is 5.92 Å². The van der Waals surface area contributed by atoms with Crippen LogP contribution in [0.3, 0.4) is 0 Å². The number of hydrogen-bond donors (Lipinski definition) is 2. The molecule has 0 spiro atoms. The third kappa shape index (κ3) is 2.63. The summed E-state index contributed by atoms with van der Waals surface area (Å²) in [4.78, 5) is 12.2.